The molecule has 2 rings (SSSR count). The predicted octanol–water partition coefficient (Wildman–Crippen LogP) is -1.13. The van der Waals surface area contributed by atoms with Gasteiger partial charge in [0, 0.05) is 17.7 Å². The zero-order valence-electron chi connectivity index (χ0n) is 10.0. The maximum atomic E-state index is 11.9. The Morgan fingerprint density at radius 1 is 1.11 bits per heavy atom. The van der Waals surface area contributed by atoms with Gasteiger partial charge in [0.05, 0.1) is 7.11 Å². The number of aromatic nitrogens is 1. The first-order chi connectivity index (χ1) is 8.29. The fourth-order valence-electron chi connectivity index (χ4n) is 1.57. The van der Waals surface area contributed by atoms with Gasteiger partial charge in [-0.05, 0) is 0 Å². The van der Waals surface area contributed by atoms with Crippen molar-refractivity contribution < 1.29 is 26.5 Å². The van der Waals surface area contributed by atoms with Crippen molar-refractivity contribution in [1.29, 1.82) is 0 Å². The van der Waals surface area contributed by atoms with Crippen LogP contribution in [0.2, 0.25) is 0 Å². The van der Waals surface area contributed by atoms with E-state index in [1.165, 1.54) is 0 Å². The minimum atomic E-state index is 0. The van der Waals surface area contributed by atoms with Crippen molar-refractivity contribution in [2.75, 3.05) is 7.11 Å². The summed E-state index contributed by atoms with van der Waals surface area (Å²) in [5.41, 5.74) is 0.732. The van der Waals surface area contributed by atoms with Crippen molar-refractivity contribution in [2.24, 2.45) is 0 Å². The molecule has 0 saturated heterocycles. The van der Waals surface area contributed by atoms with Gasteiger partial charge in [0.1, 0.15) is 5.75 Å². The highest BCUT2D eigenvalue weighted by atomic mass is 35.5. The zero-order chi connectivity index (χ0) is 12.1. The highest BCUT2D eigenvalue weighted by Gasteiger charge is 2.11. The van der Waals surface area contributed by atoms with Crippen LogP contribution in [0.15, 0.2) is 54.9 Å². The van der Waals surface area contributed by atoms with Crippen molar-refractivity contribution in [3.8, 4) is 5.75 Å². The lowest BCUT2D eigenvalue weighted by Crippen LogP contribution is -3.00. The molecule has 1 aromatic heterocycles. The molecule has 0 aliphatic carbocycles. The topological polar surface area (TPSA) is 30.2 Å². The molecule has 18 heavy (non-hydrogen) atoms. The van der Waals surface area contributed by atoms with Crippen LogP contribution in [0.1, 0.15) is 10.4 Å². The maximum absolute atomic E-state index is 11.9. The lowest BCUT2D eigenvalue weighted by atomic mass is 10.1. The molecule has 0 spiro atoms. The Morgan fingerprint density at radius 3 is 2.28 bits per heavy atom. The number of carbonyl (C=O) groups is 1. The molecule has 0 aliphatic heterocycles. The number of ether oxygens (including phenoxy) is 1. The number of Topliss-reactive ketones (excluding diaryl/α,β-unsaturated/α-hetero) is 1. The number of carbonyl (C=O) groups excluding carboxylic acids is 1. The van der Waals surface area contributed by atoms with E-state index in [1.54, 1.807) is 7.11 Å². The fraction of sp³-hybridized carbons (Fsp3) is 0.143. The number of hydrogen-bond donors (Lipinski definition) is 0. The van der Waals surface area contributed by atoms with Crippen molar-refractivity contribution in [3.05, 3.63) is 60.4 Å². The fourth-order valence-corrected chi connectivity index (χ4v) is 1.57. The first-order valence-corrected chi connectivity index (χ1v) is 5.41. The molecule has 1 aromatic carbocycles. The molecule has 3 nitrogen and oxygen atoms in total. The SMILES string of the molecule is COc1cc[n+](CC(=O)c2ccccc2)cc1.[Cl-]. The monoisotopic (exact) mass is 263 g/mol. The summed E-state index contributed by atoms with van der Waals surface area (Å²) in [7, 11) is 1.62. The third-order valence-corrected chi connectivity index (χ3v) is 2.52. The molecular weight excluding hydrogens is 250 g/mol. The van der Waals surface area contributed by atoms with Crippen molar-refractivity contribution in [1.82, 2.24) is 0 Å². The Kier molecular flexibility index (Phi) is 5.33. The third-order valence-electron chi connectivity index (χ3n) is 2.52. The van der Waals surface area contributed by atoms with Gasteiger partial charge in [-0.2, -0.15) is 4.57 Å². The van der Waals surface area contributed by atoms with Gasteiger partial charge in [0.15, 0.2) is 12.4 Å². The molecule has 0 radical (unpaired) electrons. The normalized spacial score (nSPS) is 9.39. The molecule has 0 aliphatic rings. The lowest BCUT2D eigenvalue weighted by molar-refractivity contribution is -0.683. The average Bonchev–Trinajstić information content (AvgIpc) is 2.40. The van der Waals surface area contributed by atoms with Crippen molar-refractivity contribution >= 4 is 5.78 Å². The first-order valence-electron chi connectivity index (χ1n) is 5.41. The van der Waals surface area contributed by atoms with Gasteiger partial charge in [-0.3, -0.25) is 4.79 Å². The Balaban J connectivity index is 0.00000162. The van der Waals surface area contributed by atoms with Crippen LogP contribution in [0.3, 0.4) is 0 Å². The van der Waals surface area contributed by atoms with Crippen LogP contribution in [0.5, 0.6) is 5.75 Å². The number of pyridine rings is 1. The zero-order valence-corrected chi connectivity index (χ0v) is 10.8. The van der Waals surface area contributed by atoms with Gasteiger partial charge < -0.3 is 17.1 Å². The van der Waals surface area contributed by atoms with Crippen LogP contribution in [0, 0.1) is 0 Å². The second-order valence-corrected chi connectivity index (χ2v) is 3.70. The van der Waals surface area contributed by atoms with E-state index in [0.29, 0.717) is 6.54 Å². The highest BCUT2D eigenvalue weighted by Crippen LogP contribution is 2.04. The number of nitrogens with zero attached hydrogens (tertiary/aromatic N) is 1. The summed E-state index contributed by atoms with van der Waals surface area (Å²) < 4.78 is 6.89. The molecule has 0 atom stereocenters. The summed E-state index contributed by atoms with van der Waals surface area (Å²) in [6.07, 6.45) is 3.67. The summed E-state index contributed by atoms with van der Waals surface area (Å²) >= 11 is 0. The van der Waals surface area contributed by atoms with E-state index in [0.717, 1.165) is 11.3 Å². The van der Waals surface area contributed by atoms with Crippen LogP contribution in [-0.4, -0.2) is 12.9 Å². The standard InChI is InChI=1S/C14H14NO2.ClH/c1-17-13-7-9-15(10-8-13)11-14(16)12-5-3-2-4-6-12;/h2-10H,11H2,1H3;1H/q+1;/p-1. The Morgan fingerprint density at radius 2 is 1.72 bits per heavy atom. The predicted molar refractivity (Wildman–Crippen MR) is 64.0 cm³/mol. The van der Waals surface area contributed by atoms with Crippen LogP contribution in [0.4, 0.5) is 0 Å². The molecule has 0 amide bonds. The summed E-state index contributed by atoms with van der Waals surface area (Å²) in [5.74, 6) is 0.883. The number of rotatable bonds is 4. The maximum Gasteiger partial charge on any atom is 0.227 e. The molecule has 4 heteroatoms. The summed E-state index contributed by atoms with van der Waals surface area (Å²) in [4.78, 5) is 11.9. The minimum absolute atomic E-state index is 0. The van der Waals surface area contributed by atoms with Gasteiger partial charge in [-0.25, -0.2) is 0 Å². The van der Waals surface area contributed by atoms with Crippen LogP contribution in [0.25, 0.3) is 0 Å². The van der Waals surface area contributed by atoms with E-state index in [9.17, 15) is 4.79 Å². The van der Waals surface area contributed by atoms with E-state index >= 15 is 0 Å². The molecule has 94 valence electrons. The van der Waals surface area contributed by atoms with E-state index in [2.05, 4.69) is 0 Å². The Bertz CT molecular complexity index is 497. The molecule has 2 aromatic rings. The van der Waals surface area contributed by atoms with Gasteiger partial charge >= 0.3 is 0 Å². The van der Waals surface area contributed by atoms with Gasteiger partial charge in [-0.15, -0.1) is 0 Å². The van der Waals surface area contributed by atoms with E-state index in [4.69, 9.17) is 4.74 Å². The van der Waals surface area contributed by atoms with Crippen LogP contribution < -0.4 is 21.7 Å². The second-order valence-electron chi connectivity index (χ2n) is 3.70. The lowest BCUT2D eigenvalue weighted by Gasteiger charge is -1.99. The largest absolute Gasteiger partial charge is 1.00 e. The van der Waals surface area contributed by atoms with Gasteiger partial charge in [0.2, 0.25) is 12.3 Å². The van der Waals surface area contributed by atoms with E-state index in [1.807, 2.05) is 59.4 Å². The number of ketones is 1. The number of halogens is 1. The number of methoxy groups -OCH3 is 1. The molecule has 0 fully saturated rings. The molecule has 0 N–H and O–H groups in total. The van der Waals surface area contributed by atoms with Gasteiger partial charge in [-0.1, -0.05) is 30.3 Å². The number of benzene rings is 1. The average molecular weight is 264 g/mol. The molecule has 0 saturated carbocycles. The van der Waals surface area contributed by atoms with E-state index < -0.39 is 0 Å². The molecule has 1 heterocycles. The van der Waals surface area contributed by atoms with Crippen LogP contribution >= 0.6 is 0 Å². The quantitative estimate of drug-likeness (QED) is 0.516. The van der Waals surface area contributed by atoms with Crippen molar-refractivity contribution in [3.63, 3.8) is 0 Å². The first kappa shape index (κ1) is 14.2. The summed E-state index contributed by atoms with van der Waals surface area (Å²) in [6, 6.07) is 12.9. The molecule has 0 bridgehead atoms. The highest BCUT2D eigenvalue weighted by molar-refractivity contribution is 5.94. The van der Waals surface area contributed by atoms with Crippen LogP contribution in [-0.2, 0) is 6.54 Å². The second kappa shape index (κ2) is 6.77. The Labute approximate surface area is 112 Å². The summed E-state index contributed by atoms with van der Waals surface area (Å²) in [5, 5.41) is 0. The minimum Gasteiger partial charge on any atom is -1.00 e. The van der Waals surface area contributed by atoms with Crippen molar-refractivity contribution in [2.45, 2.75) is 6.54 Å². The Hall–Kier alpha value is -1.87. The smallest absolute Gasteiger partial charge is 0.227 e. The molecule has 0 unspecified atom stereocenters. The van der Waals surface area contributed by atoms with Gasteiger partial charge in [0.25, 0.3) is 0 Å². The number of hydrogen-bond acceptors (Lipinski definition) is 2. The third kappa shape index (κ3) is 3.57. The molecular formula is C14H14ClNO2. The van der Waals surface area contributed by atoms with E-state index in [-0.39, 0.29) is 18.2 Å². The summed E-state index contributed by atoms with van der Waals surface area (Å²) in [6.45, 7) is 0.341.